The van der Waals surface area contributed by atoms with Gasteiger partial charge in [-0.25, -0.2) is 0 Å². The van der Waals surface area contributed by atoms with E-state index in [-0.39, 0.29) is 5.88 Å². The summed E-state index contributed by atoms with van der Waals surface area (Å²) < 4.78 is 19.6. The highest BCUT2D eigenvalue weighted by Gasteiger charge is 2.47. The summed E-state index contributed by atoms with van der Waals surface area (Å²) in [7, 11) is 0. The molecule has 1 aliphatic carbocycles. The number of rotatable bonds is 2. The molecule has 3 nitrogen and oxygen atoms in total. The van der Waals surface area contributed by atoms with Crippen molar-refractivity contribution < 1.29 is 9.13 Å². The summed E-state index contributed by atoms with van der Waals surface area (Å²) in [6, 6.07) is 5.64. The van der Waals surface area contributed by atoms with E-state index in [0.717, 1.165) is 15.2 Å². The van der Waals surface area contributed by atoms with Crippen LogP contribution >= 0.6 is 15.9 Å². The Bertz CT molecular complexity index is 557. The number of alkyl halides is 1. The van der Waals surface area contributed by atoms with Crippen molar-refractivity contribution in [1.29, 1.82) is 0 Å². The summed E-state index contributed by atoms with van der Waals surface area (Å²) >= 11 is 3.36. The van der Waals surface area contributed by atoms with E-state index < -0.39 is 5.85 Å². The second-order valence-electron chi connectivity index (χ2n) is 3.87. The van der Waals surface area contributed by atoms with Gasteiger partial charge in [0.15, 0.2) is 0 Å². The molecule has 0 aliphatic heterocycles. The zero-order chi connectivity index (χ0) is 11.2. The second-order valence-corrected chi connectivity index (χ2v) is 4.78. The van der Waals surface area contributed by atoms with Gasteiger partial charge in [-0.05, 0) is 12.1 Å². The first-order chi connectivity index (χ1) is 7.66. The predicted octanol–water partition coefficient (Wildman–Crippen LogP) is 3.23. The van der Waals surface area contributed by atoms with Crippen LogP contribution in [0.2, 0.25) is 0 Å². The van der Waals surface area contributed by atoms with Crippen molar-refractivity contribution in [2.75, 3.05) is 0 Å². The second kappa shape index (κ2) is 3.38. The van der Waals surface area contributed by atoms with E-state index in [9.17, 15) is 4.39 Å². The van der Waals surface area contributed by atoms with Crippen molar-refractivity contribution in [3.8, 4) is 5.88 Å². The Hall–Kier alpha value is -1.23. The van der Waals surface area contributed by atoms with Crippen molar-refractivity contribution in [2.45, 2.75) is 18.7 Å². The van der Waals surface area contributed by atoms with Crippen LogP contribution in [0.5, 0.6) is 5.88 Å². The Morgan fingerprint density at radius 2 is 2.19 bits per heavy atom. The fourth-order valence-corrected chi connectivity index (χ4v) is 1.83. The first kappa shape index (κ1) is 9.96. The van der Waals surface area contributed by atoms with Crippen LogP contribution in [0.3, 0.4) is 0 Å². The molecule has 0 N–H and O–H groups in total. The van der Waals surface area contributed by atoms with Crippen LogP contribution in [0.15, 0.2) is 28.9 Å². The van der Waals surface area contributed by atoms with E-state index in [0.29, 0.717) is 12.8 Å². The summed E-state index contributed by atoms with van der Waals surface area (Å²) in [5.41, 5.74) is 0. The average molecular weight is 283 g/mol. The summed E-state index contributed by atoms with van der Waals surface area (Å²) in [5.74, 6) is -1.26. The summed E-state index contributed by atoms with van der Waals surface area (Å²) in [6.07, 6.45) is 2.49. The van der Waals surface area contributed by atoms with Crippen LogP contribution < -0.4 is 4.74 Å². The average Bonchev–Trinajstić information content (AvgIpc) is 2.97. The highest BCUT2D eigenvalue weighted by atomic mass is 79.9. The van der Waals surface area contributed by atoms with Crippen molar-refractivity contribution in [1.82, 2.24) is 10.2 Å². The molecule has 0 atom stereocenters. The molecule has 5 heteroatoms. The molecule has 0 saturated heterocycles. The van der Waals surface area contributed by atoms with Gasteiger partial charge in [-0.15, -0.1) is 5.10 Å². The molecule has 0 unspecified atom stereocenters. The smallest absolute Gasteiger partial charge is 0.250 e. The van der Waals surface area contributed by atoms with Gasteiger partial charge in [0, 0.05) is 28.1 Å². The third-order valence-electron chi connectivity index (χ3n) is 2.51. The molecule has 0 spiro atoms. The zero-order valence-electron chi connectivity index (χ0n) is 8.28. The predicted molar refractivity (Wildman–Crippen MR) is 60.9 cm³/mol. The lowest BCUT2D eigenvalue weighted by molar-refractivity contribution is 0.0363. The van der Waals surface area contributed by atoms with Gasteiger partial charge >= 0.3 is 0 Å². The number of hydrogen-bond donors (Lipinski definition) is 0. The number of halogens is 2. The maximum absolute atomic E-state index is 13.5. The highest BCUT2D eigenvalue weighted by Crippen LogP contribution is 2.42. The molecule has 1 aromatic heterocycles. The Morgan fingerprint density at radius 1 is 1.38 bits per heavy atom. The van der Waals surface area contributed by atoms with Gasteiger partial charge < -0.3 is 4.74 Å². The van der Waals surface area contributed by atoms with E-state index in [1.54, 1.807) is 6.20 Å². The Labute approximate surface area is 99.8 Å². The van der Waals surface area contributed by atoms with Gasteiger partial charge in [-0.3, -0.25) is 0 Å². The lowest BCUT2D eigenvalue weighted by Crippen LogP contribution is -2.11. The van der Waals surface area contributed by atoms with E-state index in [1.165, 1.54) is 0 Å². The molecular formula is C11H8BrFN2O. The highest BCUT2D eigenvalue weighted by molar-refractivity contribution is 9.10. The molecule has 1 aromatic carbocycles. The molecule has 1 saturated carbocycles. The summed E-state index contributed by atoms with van der Waals surface area (Å²) in [6.45, 7) is 0. The van der Waals surface area contributed by atoms with Gasteiger partial charge in [-0.1, -0.05) is 22.0 Å². The molecule has 1 aliphatic rings. The third-order valence-corrected chi connectivity index (χ3v) is 3.01. The molecule has 1 fully saturated rings. The quantitative estimate of drug-likeness (QED) is 0.848. The summed E-state index contributed by atoms with van der Waals surface area (Å²) in [4.78, 5) is 0. The minimum Gasteiger partial charge on any atom is -0.439 e. The van der Waals surface area contributed by atoms with Gasteiger partial charge in [-0.2, -0.15) is 9.49 Å². The fraction of sp³-hybridized carbons (Fsp3) is 0.273. The molecule has 82 valence electrons. The van der Waals surface area contributed by atoms with Gasteiger partial charge in [0.2, 0.25) is 5.88 Å². The van der Waals surface area contributed by atoms with Crippen molar-refractivity contribution in [3.05, 3.63) is 28.9 Å². The number of benzene rings is 1. The van der Waals surface area contributed by atoms with Crippen molar-refractivity contribution in [3.63, 3.8) is 0 Å². The maximum atomic E-state index is 13.5. The zero-order valence-corrected chi connectivity index (χ0v) is 9.87. The van der Waals surface area contributed by atoms with Crippen LogP contribution in [-0.4, -0.2) is 16.1 Å². The molecule has 0 bridgehead atoms. The Kier molecular flexibility index (Phi) is 2.10. The van der Waals surface area contributed by atoms with Crippen LogP contribution in [0.25, 0.3) is 10.8 Å². The number of ether oxygens (including phenoxy) is 1. The largest absolute Gasteiger partial charge is 0.439 e. The first-order valence-corrected chi connectivity index (χ1v) is 5.74. The molecule has 0 amide bonds. The molecule has 16 heavy (non-hydrogen) atoms. The molecule has 3 rings (SSSR count). The van der Waals surface area contributed by atoms with Crippen LogP contribution in [-0.2, 0) is 0 Å². The first-order valence-electron chi connectivity index (χ1n) is 4.95. The van der Waals surface area contributed by atoms with Gasteiger partial charge in [0.05, 0.1) is 6.20 Å². The van der Waals surface area contributed by atoms with Gasteiger partial charge in [0.1, 0.15) is 0 Å². The standard InChI is InChI=1S/C11H8BrFN2O/c12-8-2-1-7-6-14-15-10(9(7)5-8)16-11(13)3-4-11/h1-2,5-6H,3-4H2. The van der Waals surface area contributed by atoms with E-state index in [1.807, 2.05) is 18.2 Å². The van der Waals surface area contributed by atoms with E-state index >= 15 is 0 Å². The minimum atomic E-state index is -1.52. The topological polar surface area (TPSA) is 35.0 Å². The number of hydrogen-bond acceptors (Lipinski definition) is 3. The van der Waals surface area contributed by atoms with Crippen LogP contribution in [0.4, 0.5) is 4.39 Å². The van der Waals surface area contributed by atoms with Gasteiger partial charge in [0.25, 0.3) is 5.85 Å². The summed E-state index contributed by atoms with van der Waals surface area (Å²) in [5, 5.41) is 9.30. The normalized spacial score (nSPS) is 17.4. The number of aromatic nitrogens is 2. The molecular weight excluding hydrogens is 275 g/mol. The Morgan fingerprint density at radius 3 is 2.94 bits per heavy atom. The SMILES string of the molecule is FC1(Oc2nncc3ccc(Br)cc23)CC1. The monoisotopic (exact) mass is 282 g/mol. The van der Waals surface area contributed by atoms with Crippen LogP contribution in [0, 0.1) is 0 Å². The van der Waals surface area contributed by atoms with Crippen LogP contribution in [0.1, 0.15) is 12.8 Å². The maximum Gasteiger partial charge on any atom is 0.250 e. The lowest BCUT2D eigenvalue weighted by Gasteiger charge is -2.09. The third kappa shape index (κ3) is 1.75. The van der Waals surface area contributed by atoms with E-state index in [4.69, 9.17) is 4.74 Å². The van der Waals surface area contributed by atoms with Crippen molar-refractivity contribution >= 4 is 26.7 Å². The molecule has 2 aromatic rings. The number of fused-ring (bicyclic) bond motifs is 1. The molecule has 0 radical (unpaired) electrons. The lowest BCUT2D eigenvalue weighted by atomic mass is 10.2. The van der Waals surface area contributed by atoms with E-state index in [2.05, 4.69) is 26.1 Å². The Balaban J connectivity index is 2.12. The van der Waals surface area contributed by atoms with Crippen molar-refractivity contribution in [2.24, 2.45) is 0 Å². The molecule has 1 heterocycles. The number of nitrogens with zero attached hydrogens (tertiary/aromatic N) is 2. The minimum absolute atomic E-state index is 0.263. The fourth-order valence-electron chi connectivity index (χ4n) is 1.47.